The summed E-state index contributed by atoms with van der Waals surface area (Å²) in [6.07, 6.45) is 6.74. The van der Waals surface area contributed by atoms with Crippen molar-refractivity contribution in [3.8, 4) is 6.07 Å². The lowest BCUT2D eigenvalue weighted by atomic mass is 9.75. The lowest BCUT2D eigenvalue weighted by molar-refractivity contribution is 0.0713. The number of carbonyl (C=O) groups excluding carboxylic acids is 1. The van der Waals surface area contributed by atoms with E-state index in [4.69, 9.17) is 5.26 Å². The molecular formula is C18H22N2O. The molecule has 1 aromatic rings. The summed E-state index contributed by atoms with van der Waals surface area (Å²) in [4.78, 5) is 14.7. The van der Waals surface area contributed by atoms with Gasteiger partial charge in [-0.1, -0.05) is 31.4 Å². The molecule has 1 aromatic carbocycles. The highest BCUT2D eigenvalue weighted by atomic mass is 16.1. The van der Waals surface area contributed by atoms with Crippen molar-refractivity contribution >= 4 is 5.78 Å². The van der Waals surface area contributed by atoms with Gasteiger partial charge in [0.05, 0.1) is 18.2 Å². The normalized spacial score (nSPS) is 25.9. The number of rotatable bonds is 3. The number of fused-ring (bicyclic) bond motifs is 1. The minimum atomic E-state index is 0.175. The van der Waals surface area contributed by atoms with Gasteiger partial charge in [0, 0.05) is 12.1 Å². The third-order valence-corrected chi connectivity index (χ3v) is 5.08. The van der Waals surface area contributed by atoms with Crippen LogP contribution in [0.3, 0.4) is 0 Å². The molecule has 110 valence electrons. The van der Waals surface area contributed by atoms with Crippen molar-refractivity contribution in [3.05, 3.63) is 35.4 Å². The molecule has 1 aliphatic carbocycles. The molecule has 0 bridgehead atoms. The molecule has 0 spiro atoms. The van der Waals surface area contributed by atoms with E-state index in [1.54, 1.807) is 24.3 Å². The molecule has 2 unspecified atom stereocenters. The number of nitriles is 1. The van der Waals surface area contributed by atoms with E-state index in [1.807, 2.05) is 0 Å². The fraction of sp³-hybridized carbons (Fsp3) is 0.556. The predicted molar refractivity (Wildman–Crippen MR) is 82.0 cm³/mol. The van der Waals surface area contributed by atoms with Crippen LogP contribution in [0.15, 0.2) is 24.3 Å². The second-order valence-electron chi connectivity index (χ2n) is 6.44. The second-order valence-corrected chi connectivity index (χ2v) is 6.44. The van der Waals surface area contributed by atoms with Crippen LogP contribution >= 0.6 is 0 Å². The molecule has 3 rings (SSSR count). The molecule has 0 amide bonds. The van der Waals surface area contributed by atoms with Crippen LogP contribution < -0.4 is 0 Å². The average molecular weight is 282 g/mol. The van der Waals surface area contributed by atoms with Gasteiger partial charge in [-0.15, -0.1) is 0 Å². The number of benzene rings is 1. The van der Waals surface area contributed by atoms with E-state index in [-0.39, 0.29) is 5.78 Å². The lowest BCUT2D eigenvalue weighted by Gasteiger charge is -2.41. The lowest BCUT2D eigenvalue weighted by Crippen LogP contribution is -2.43. The number of Topliss-reactive ketones (excluding diaryl/α,β-unsaturated/α-hetero) is 1. The van der Waals surface area contributed by atoms with Crippen molar-refractivity contribution in [3.63, 3.8) is 0 Å². The Hall–Kier alpha value is -1.66. The van der Waals surface area contributed by atoms with E-state index in [9.17, 15) is 4.79 Å². The molecule has 1 saturated carbocycles. The largest absolute Gasteiger partial charge is 0.296 e. The molecule has 2 atom stereocenters. The maximum Gasteiger partial charge on any atom is 0.176 e. The summed E-state index contributed by atoms with van der Waals surface area (Å²) < 4.78 is 0. The molecule has 0 N–H and O–H groups in total. The number of hydrogen-bond acceptors (Lipinski definition) is 3. The van der Waals surface area contributed by atoms with Crippen molar-refractivity contribution in [2.45, 2.75) is 32.1 Å². The standard InChI is InChI=1S/C18H22N2O/c19-11-14-5-7-16(8-6-14)18(21)13-20-10-9-15-3-1-2-4-17(15)12-20/h5-8,15,17H,1-4,9-10,12-13H2. The van der Waals surface area contributed by atoms with E-state index in [2.05, 4.69) is 11.0 Å². The molecule has 0 aromatic heterocycles. The van der Waals surface area contributed by atoms with E-state index in [0.29, 0.717) is 12.1 Å². The first kappa shape index (κ1) is 14.3. The molecule has 1 saturated heterocycles. The predicted octanol–water partition coefficient (Wildman–Crippen LogP) is 3.25. The highest BCUT2D eigenvalue weighted by Gasteiger charge is 2.31. The van der Waals surface area contributed by atoms with E-state index in [0.717, 1.165) is 30.5 Å². The van der Waals surface area contributed by atoms with Crippen LogP contribution in [0.2, 0.25) is 0 Å². The van der Waals surface area contributed by atoms with Crippen molar-refractivity contribution in [1.29, 1.82) is 5.26 Å². The summed E-state index contributed by atoms with van der Waals surface area (Å²) in [6, 6.07) is 9.07. The van der Waals surface area contributed by atoms with Crippen LogP contribution in [-0.2, 0) is 0 Å². The van der Waals surface area contributed by atoms with Gasteiger partial charge < -0.3 is 0 Å². The van der Waals surface area contributed by atoms with Gasteiger partial charge in [-0.05, 0) is 43.4 Å². The third-order valence-electron chi connectivity index (χ3n) is 5.08. The Bertz CT molecular complexity index is 543. The second kappa shape index (κ2) is 6.41. The quantitative estimate of drug-likeness (QED) is 0.799. The summed E-state index contributed by atoms with van der Waals surface area (Å²) in [5, 5.41) is 8.79. The zero-order chi connectivity index (χ0) is 14.7. The number of ketones is 1. The molecule has 1 aliphatic heterocycles. The summed E-state index contributed by atoms with van der Waals surface area (Å²) >= 11 is 0. The Kier molecular flexibility index (Phi) is 4.36. The number of nitrogens with zero attached hydrogens (tertiary/aromatic N) is 2. The molecular weight excluding hydrogens is 260 g/mol. The fourth-order valence-electron chi connectivity index (χ4n) is 3.84. The van der Waals surface area contributed by atoms with Gasteiger partial charge in [-0.2, -0.15) is 5.26 Å². The van der Waals surface area contributed by atoms with Crippen LogP contribution in [0.4, 0.5) is 0 Å². The zero-order valence-electron chi connectivity index (χ0n) is 12.4. The fourth-order valence-corrected chi connectivity index (χ4v) is 3.84. The Balaban J connectivity index is 1.58. The summed E-state index contributed by atoms with van der Waals surface area (Å²) in [5.41, 5.74) is 1.33. The molecule has 3 heteroatoms. The van der Waals surface area contributed by atoms with Crippen molar-refractivity contribution in [1.82, 2.24) is 4.90 Å². The Morgan fingerprint density at radius 3 is 2.57 bits per heavy atom. The smallest absolute Gasteiger partial charge is 0.176 e. The first-order valence-electron chi connectivity index (χ1n) is 8.02. The first-order chi connectivity index (χ1) is 10.3. The molecule has 21 heavy (non-hydrogen) atoms. The van der Waals surface area contributed by atoms with Crippen molar-refractivity contribution in [2.24, 2.45) is 11.8 Å². The summed E-state index contributed by atoms with van der Waals surface area (Å²) in [5.74, 6) is 1.88. The van der Waals surface area contributed by atoms with E-state index >= 15 is 0 Å². The number of hydrogen-bond donors (Lipinski definition) is 0. The van der Waals surface area contributed by atoms with Crippen LogP contribution in [0, 0.1) is 23.2 Å². The van der Waals surface area contributed by atoms with Gasteiger partial charge in [0.15, 0.2) is 5.78 Å². The Morgan fingerprint density at radius 1 is 1.14 bits per heavy atom. The van der Waals surface area contributed by atoms with Crippen LogP contribution in [0.5, 0.6) is 0 Å². The van der Waals surface area contributed by atoms with Gasteiger partial charge >= 0.3 is 0 Å². The maximum absolute atomic E-state index is 12.3. The molecule has 3 nitrogen and oxygen atoms in total. The van der Waals surface area contributed by atoms with Gasteiger partial charge in [-0.25, -0.2) is 0 Å². The third kappa shape index (κ3) is 3.33. The van der Waals surface area contributed by atoms with Crippen molar-refractivity contribution < 1.29 is 4.79 Å². The van der Waals surface area contributed by atoms with E-state index in [1.165, 1.54) is 32.1 Å². The van der Waals surface area contributed by atoms with Crippen LogP contribution in [0.1, 0.15) is 48.0 Å². The Labute approximate surface area is 126 Å². The Morgan fingerprint density at radius 2 is 1.86 bits per heavy atom. The number of likely N-dealkylation sites (tertiary alicyclic amines) is 1. The molecule has 2 fully saturated rings. The maximum atomic E-state index is 12.3. The number of piperidine rings is 1. The molecule has 2 aliphatic rings. The minimum absolute atomic E-state index is 0.175. The van der Waals surface area contributed by atoms with Crippen LogP contribution in [0.25, 0.3) is 0 Å². The van der Waals surface area contributed by atoms with Gasteiger partial charge in [0.25, 0.3) is 0 Å². The van der Waals surface area contributed by atoms with Crippen LogP contribution in [-0.4, -0.2) is 30.3 Å². The highest BCUT2D eigenvalue weighted by molar-refractivity contribution is 5.97. The van der Waals surface area contributed by atoms with Crippen molar-refractivity contribution in [2.75, 3.05) is 19.6 Å². The summed E-state index contributed by atoms with van der Waals surface area (Å²) in [6.45, 7) is 2.67. The zero-order valence-corrected chi connectivity index (χ0v) is 12.4. The topological polar surface area (TPSA) is 44.1 Å². The SMILES string of the molecule is N#Cc1ccc(C(=O)CN2CCC3CCCCC3C2)cc1. The van der Waals surface area contributed by atoms with Gasteiger partial charge in [0.2, 0.25) is 0 Å². The van der Waals surface area contributed by atoms with Gasteiger partial charge in [-0.3, -0.25) is 9.69 Å². The molecule has 0 radical (unpaired) electrons. The first-order valence-corrected chi connectivity index (χ1v) is 8.02. The van der Waals surface area contributed by atoms with E-state index < -0.39 is 0 Å². The highest BCUT2D eigenvalue weighted by Crippen LogP contribution is 2.35. The minimum Gasteiger partial charge on any atom is -0.296 e. The molecule has 1 heterocycles. The summed E-state index contributed by atoms with van der Waals surface area (Å²) in [7, 11) is 0. The monoisotopic (exact) mass is 282 g/mol. The average Bonchev–Trinajstić information content (AvgIpc) is 2.55. The van der Waals surface area contributed by atoms with Gasteiger partial charge in [0.1, 0.15) is 0 Å². The number of carbonyl (C=O) groups is 1.